The Labute approximate surface area is 144 Å². The number of aromatic nitrogens is 1. The van der Waals surface area contributed by atoms with Crippen molar-refractivity contribution in [1.82, 2.24) is 15.2 Å². The minimum Gasteiger partial charge on any atom is -0.448 e. The minimum absolute atomic E-state index is 0.0306. The Hall–Kier alpha value is -2.18. The van der Waals surface area contributed by atoms with E-state index in [1.54, 1.807) is 17.4 Å². The topological polar surface area (TPSA) is 58.4 Å². The van der Waals surface area contributed by atoms with Crippen LogP contribution in [-0.4, -0.2) is 42.0 Å². The van der Waals surface area contributed by atoms with Crippen molar-refractivity contribution < 1.29 is 9.21 Å². The number of benzene rings is 1. The molecule has 0 unspecified atom stereocenters. The molecule has 0 saturated carbocycles. The van der Waals surface area contributed by atoms with Crippen molar-refractivity contribution in [3.8, 4) is 10.8 Å². The van der Waals surface area contributed by atoms with E-state index in [1.807, 2.05) is 42.3 Å². The SMILES string of the molecule is CNC1CCN(C(=O)c2ccc(-c3nc4ccccc4s3)o2)CC1. The predicted octanol–water partition coefficient (Wildman–Crippen LogP) is 3.38. The Morgan fingerprint density at radius 2 is 2.04 bits per heavy atom. The number of nitrogens with zero attached hydrogens (tertiary/aromatic N) is 2. The molecule has 0 radical (unpaired) electrons. The summed E-state index contributed by atoms with van der Waals surface area (Å²) >= 11 is 1.58. The highest BCUT2D eigenvalue weighted by Crippen LogP contribution is 2.31. The first kappa shape index (κ1) is 15.4. The molecule has 3 heterocycles. The molecule has 4 rings (SSSR count). The van der Waals surface area contributed by atoms with Crippen molar-refractivity contribution in [1.29, 1.82) is 0 Å². The number of para-hydroxylation sites is 1. The highest BCUT2D eigenvalue weighted by molar-refractivity contribution is 7.21. The van der Waals surface area contributed by atoms with E-state index >= 15 is 0 Å². The number of piperidine rings is 1. The highest BCUT2D eigenvalue weighted by Gasteiger charge is 2.25. The van der Waals surface area contributed by atoms with Gasteiger partial charge in [-0.25, -0.2) is 4.98 Å². The Kier molecular flexibility index (Phi) is 4.08. The molecule has 1 fully saturated rings. The zero-order valence-electron chi connectivity index (χ0n) is 13.5. The van der Waals surface area contributed by atoms with E-state index in [1.165, 1.54) is 0 Å². The number of amides is 1. The van der Waals surface area contributed by atoms with Gasteiger partial charge >= 0.3 is 0 Å². The van der Waals surface area contributed by atoms with Crippen molar-refractivity contribution in [2.75, 3.05) is 20.1 Å². The van der Waals surface area contributed by atoms with Crippen LogP contribution in [0.1, 0.15) is 23.4 Å². The third-order valence-corrected chi connectivity index (χ3v) is 5.56. The third-order valence-electron chi connectivity index (χ3n) is 4.51. The fraction of sp³-hybridized carbons (Fsp3) is 0.333. The molecule has 124 valence electrons. The lowest BCUT2D eigenvalue weighted by atomic mass is 10.1. The van der Waals surface area contributed by atoms with Gasteiger partial charge in [0.25, 0.3) is 5.91 Å². The van der Waals surface area contributed by atoms with Crippen LogP contribution in [0.3, 0.4) is 0 Å². The summed E-state index contributed by atoms with van der Waals surface area (Å²) in [6.07, 6.45) is 1.96. The first-order valence-corrected chi connectivity index (χ1v) is 8.98. The average molecular weight is 341 g/mol. The Bertz CT molecular complexity index is 829. The van der Waals surface area contributed by atoms with Gasteiger partial charge in [-0.15, -0.1) is 11.3 Å². The van der Waals surface area contributed by atoms with Crippen molar-refractivity contribution in [3.63, 3.8) is 0 Å². The van der Waals surface area contributed by atoms with Gasteiger partial charge in [-0.2, -0.15) is 0 Å². The van der Waals surface area contributed by atoms with Crippen LogP contribution in [0.15, 0.2) is 40.8 Å². The van der Waals surface area contributed by atoms with Crippen LogP contribution >= 0.6 is 11.3 Å². The molecule has 0 aliphatic carbocycles. The summed E-state index contributed by atoms with van der Waals surface area (Å²) in [5.74, 6) is 1.02. The second-order valence-corrected chi connectivity index (χ2v) is 7.04. The van der Waals surface area contributed by atoms with Crippen molar-refractivity contribution in [3.05, 3.63) is 42.2 Å². The molecule has 5 nitrogen and oxygen atoms in total. The summed E-state index contributed by atoms with van der Waals surface area (Å²) in [5, 5.41) is 4.08. The van der Waals surface area contributed by atoms with Gasteiger partial charge in [0.05, 0.1) is 10.2 Å². The number of carbonyl (C=O) groups excluding carboxylic acids is 1. The van der Waals surface area contributed by atoms with E-state index < -0.39 is 0 Å². The van der Waals surface area contributed by atoms with Gasteiger partial charge in [0.1, 0.15) is 0 Å². The quantitative estimate of drug-likeness (QED) is 0.793. The summed E-state index contributed by atoms with van der Waals surface area (Å²) in [6, 6.07) is 12.1. The van der Waals surface area contributed by atoms with Crippen LogP contribution in [0.5, 0.6) is 0 Å². The van der Waals surface area contributed by atoms with Crippen LogP contribution < -0.4 is 5.32 Å². The molecule has 0 atom stereocenters. The van der Waals surface area contributed by atoms with Crippen molar-refractivity contribution >= 4 is 27.5 Å². The molecule has 1 aromatic carbocycles. The maximum atomic E-state index is 12.6. The first-order valence-electron chi connectivity index (χ1n) is 8.17. The second kappa shape index (κ2) is 6.37. The Morgan fingerprint density at radius 1 is 1.25 bits per heavy atom. The van der Waals surface area contributed by atoms with Gasteiger partial charge in [0, 0.05) is 19.1 Å². The largest absolute Gasteiger partial charge is 0.448 e. The van der Waals surface area contributed by atoms with Gasteiger partial charge in [-0.1, -0.05) is 12.1 Å². The van der Waals surface area contributed by atoms with Crippen LogP contribution in [-0.2, 0) is 0 Å². The molecule has 0 bridgehead atoms. The van der Waals surface area contributed by atoms with E-state index in [0.717, 1.165) is 41.2 Å². The standard InChI is InChI=1S/C18H19N3O2S/c1-19-12-8-10-21(11-9-12)18(22)15-7-6-14(23-15)17-20-13-4-2-3-5-16(13)24-17/h2-7,12,19H,8-11H2,1H3. The number of rotatable bonds is 3. The molecular weight excluding hydrogens is 322 g/mol. The number of thiazole rings is 1. The van der Waals surface area contributed by atoms with Gasteiger partial charge in [0.15, 0.2) is 16.5 Å². The van der Waals surface area contributed by atoms with Gasteiger partial charge in [-0.3, -0.25) is 4.79 Å². The zero-order chi connectivity index (χ0) is 16.5. The molecule has 6 heteroatoms. The highest BCUT2D eigenvalue weighted by atomic mass is 32.1. The molecule has 1 saturated heterocycles. The van der Waals surface area contributed by atoms with E-state index in [2.05, 4.69) is 10.3 Å². The number of carbonyl (C=O) groups is 1. The zero-order valence-corrected chi connectivity index (χ0v) is 14.3. The molecule has 1 N–H and O–H groups in total. The van der Waals surface area contributed by atoms with Gasteiger partial charge in [-0.05, 0) is 44.2 Å². The average Bonchev–Trinajstić information content (AvgIpc) is 3.27. The Morgan fingerprint density at radius 3 is 2.79 bits per heavy atom. The smallest absolute Gasteiger partial charge is 0.289 e. The minimum atomic E-state index is -0.0306. The van der Waals surface area contributed by atoms with Crippen LogP contribution in [0.25, 0.3) is 21.0 Å². The van der Waals surface area contributed by atoms with E-state index in [9.17, 15) is 4.79 Å². The molecule has 3 aromatic rings. The third kappa shape index (κ3) is 2.83. The normalized spacial score (nSPS) is 16.0. The van der Waals surface area contributed by atoms with Crippen molar-refractivity contribution in [2.24, 2.45) is 0 Å². The van der Waals surface area contributed by atoms with Crippen LogP contribution in [0.4, 0.5) is 0 Å². The maximum absolute atomic E-state index is 12.6. The summed E-state index contributed by atoms with van der Waals surface area (Å²) < 4.78 is 6.93. The summed E-state index contributed by atoms with van der Waals surface area (Å²) in [7, 11) is 1.97. The van der Waals surface area contributed by atoms with E-state index in [4.69, 9.17) is 4.42 Å². The summed E-state index contributed by atoms with van der Waals surface area (Å²) in [4.78, 5) is 19.1. The van der Waals surface area contributed by atoms with Crippen molar-refractivity contribution in [2.45, 2.75) is 18.9 Å². The number of hydrogen-bond acceptors (Lipinski definition) is 5. The summed E-state index contributed by atoms with van der Waals surface area (Å²) in [5.41, 5.74) is 0.955. The van der Waals surface area contributed by atoms with E-state index in [0.29, 0.717) is 17.6 Å². The molecule has 1 aliphatic heterocycles. The molecule has 1 amide bonds. The van der Waals surface area contributed by atoms with E-state index in [-0.39, 0.29) is 5.91 Å². The monoisotopic (exact) mass is 341 g/mol. The predicted molar refractivity (Wildman–Crippen MR) is 95.3 cm³/mol. The number of fused-ring (bicyclic) bond motifs is 1. The maximum Gasteiger partial charge on any atom is 0.289 e. The number of nitrogens with one attached hydrogen (secondary N) is 1. The molecule has 24 heavy (non-hydrogen) atoms. The number of hydrogen-bond donors (Lipinski definition) is 1. The van der Waals surface area contributed by atoms with Gasteiger partial charge < -0.3 is 14.6 Å². The lowest BCUT2D eigenvalue weighted by molar-refractivity contribution is 0.0676. The first-order chi connectivity index (χ1) is 11.7. The molecular formula is C18H19N3O2S. The fourth-order valence-electron chi connectivity index (χ4n) is 3.07. The van der Waals surface area contributed by atoms with Crippen LogP contribution in [0.2, 0.25) is 0 Å². The second-order valence-electron chi connectivity index (χ2n) is 6.01. The fourth-order valence-corrected chi connectivity index (χ4v) is 4.00. The number of furan rings is 1. The number of likely N-dealkylation sites (tertiary alicyclic amines) is 1. The summed E-state index contributed by atoms with van der Waals surface area (Å²) in [6.45, 7) is 1.53. The Balaban J connectivity index is 1.53. The molecule has 2 aromatic heterocycles. The lowest BCUT2D eigenvalue weighted by Crippen LogP contribution is -2.43. The van der Waals surface area contributed by atoms with Crippen LogP contribution in [0, 0.1) is 0 Å². The lowest BCUT2D eigenvalue weighted by Gasteiger charge is -2.31. The molecule has 1 aliphatic rings. The molecule has 0 spiro atoms. The van der Waals surface area contributed by atoms with Gasteiger partial charge in [0.2, 0.25) is 0 Å².